The van der Waals surface area contributed by atoms with Crippen molar-refractivity contribution in [2.75, 3.05) is 19.6 Å². The molecule has 0 saturated carbocycles. The Kier molecular flexibility index (Phi) is 3.27. The number of piperidine rings is 2. The Morgan fingerprint density at radius 2 is 2.07 bits per heavy atom. The van der Waals surface area contributed by atoms with E-state index in [1.165, 1.54) is 45.2 Å². The van der Waals surface area contributed by atoms with Crippen molar-refractivity contribution < 1.29 is 4.90 Å². The Morgan fingerprint density at radius 1 is 1.21 bits per heavy atom. The van der Waals surface area contributed by atoms with Crippen LogP contribution in [0.1, 0.15) is 32.1 Å². The predicted octanol–water partition coefficient (Wildman–Crippen LogP) is 1.14. The van der Waals surface area contributed by atoms with Crippen molar-refractivity contribution in [3.63, 3.8) is 0 Å². The van der Waals surface area contributed by atoms with Crippen LogP contribution in [0.25, 0.3) is 10.4 Å². The van der Waals surface area contributed by atoms with Crippen molar-refractivity contribution in [1.29, 1.82) is 0 Å². The Hall–Kier alpha value is -0.730. The molecule has 2 fully saturated rings. The molecule has 1 N–H and O–H groups in total. The summed E-state index contributed by atoms with van der Waals surface area (Å²) >= 11 is 0. The monoisotopic (exact) mass is 195 g/mol. The van der Waals surface area contributed by atoms with Gasteiger partial charge >= 0.3 is 0 Å². The van der Waals surface area contributed by atoms with E-state index in [0.29, 0.717) is 5.92 Å². The molecule has 0 aromatic heterocycles. The van der Waals surface area contributed by atoms with E-state index in [-0.39, 0.29) is 0 Å². The normalized spacial score (nSPS) is 37.0. The van der Waals surface area contributed by atoms with E-state index in [1.54, 1.807) is 4.90 Å². The third kappa shape index (κ3) is 2.02. The molecule has 2 rings (SSSR count). The fourth-order valence-electron chi connectivity index (χ4n) is 3.14. The highest BCUT2D eigenvalue weighted by atomic mass is 15.2. The molecule has 0 spiro atoms. The van der Waals surface area contributed by atoms with Crippen molar-refractivity contribution in [2.24, 2.45) is 11.0 Å². The predicted molar refractivity (Wildman–Crippen MR) is 55.1 cm³/mol. The van der Waals surface area contributed by atoms with Crippen molar-refractivity contribution in [2.45, 2.75) is 38.1 Å². The zero-order chi connectivity index (χ0) is 9.80. The number of nitrogens with zero attached hydrogens (tertiary/aromatic N) is 3. The maximum atomic E-state index is 8.34. The first-order chi connectivity index (χ1) is 6.92. The summed E-state index contributed by atoms with van der Waals surface area (Å²) in [5, 5.41) is 3.75. The summed E-state index contributed by atoms with van der Waals surface area (Å²) in [7, 11) is 0. The van der Waals surface area contributed by atoms with Crippen molar-refractivity contribution in [3.8, 4) is 0 Å². The molecule has 3 atom stereocenters. The van der Waals surface area contributed by atoms with Gasteiger partial charge in [0.1, 0.15) is 0 Å². The van der Waals surface area contributed by atoms with Crippen LogP contribution in [0.3, 0.4) is 0 Å². The summed E-state index contributed by atoms with van der Waals surface area (Å²) < 4.78 is 0. The molecular weight excluding hydrogens is 176 g/mol. The van der Waals surface area contributed by atoms with Crippen molar-refractivity contribution in [3.05, 3.63) is 10.4 Å². The summed E-state index contributed by atoms with van der Waals surface area (Å²) in [6, 6.07) is 0.794. The number of rotatable bonds is 2. The molecule has 0 aromatic carbocycles. The average molecular weight is 195 g/mol. The first-order valence-electron chi connectivity index (χ1n) is 5.77. The second-order valence-electron chi connectivity index (χ2n) is 4.58. The lowest BCUT2D eigenvalue weighted by atomic mass is 9.84. The molecule has 0 aromatic rings. The molecule has 2 aliphatic rings. The average Bonchev–Trinajstić information content (AvgIpc) is 2.26. The van der Waals surface area contributed by atoms with Gasteiger partial charge in [-0.3, -0.25) is 0 Å². The van der Waals surface area contributed by atoms with Gasteiger partial charge in [-0.25, -0.2) is 0 Å². The number of hydrogen-bond acceptors (Lipinski definition) is 1. The molecule has 4 nitrogen and oxygen atoms in total. The second-order valence-corrected chi connectivity index (χ2v) is 4.58. The van der Waals surface area contributed by atoms with Crippen LogP contribution >= 0.6 is 0 Å². The van der Waals surface area contributed by atoms with E-state index in [2.05, 4.69) is 10.0 Å². The Balaban J connectivity index is 1.97. The van der Waals surface area contributed by atoms with Gasteiger partial charge in [0.25, 0.3) is 0 Å². The third-order valence-electron chi connectivity index (χ3n) is 3.81. The maximum absolute atomic E-state index is 8.34. The standard InChI is InChI=1S/C10H18N4/c11-13-12-8-9-4-3-7-14-6-2-1-5-10(9)14/h9-10H,1-8H2/p+1/t9-,10-/m0/s1. The Morgan fingerprint density at radius 3 is 2.93 bits per heavy atom. The van der Waals surface area contributed by atoms with Gasteiger partial charge in [-0.15, -0.1) is 0 Å². The Bertz CT molecular complexity index is 232. The summed E-state index contributed by atoms with van der Waals surface area (Å²) in [6.07, 6.45) is 6.70. The van der Waals surface area contributed by atoms with Crippen molar-refractivity contribution in [1.82, 2.24) is 0 Å². The van der Waals surface area contributed by atoms with Gasteiger partial charge in [0, 0.05) is 17.4 Å². The van der Waals surface area contributed by atoms with Crippen LogP contribution < -0.4 is 4.90 Å². The van der Waals surface area contributed by atoms with E-state index in [0.717, 1.165) is 12.6 Å². The molecule has 2 heterocycles. The fourth-order valence-corrected chi connectivity index (χ4v) is 3.14. The summed E-state index contributed by atoms with van der Waals surface area (Å²) in [5.41, 5.74) is 8.34. The highest BCUT2D eigenvalue weighted by Crippen LogP contribution is 2.20. The lowest BCUT2D eigenvalue weighted by Crippen LogP contribution is -3.18. The number of fused-ring (bicyclic) bond motifs is 1. The van der Waals surface area contributed by atoms with Crippen LogP contribution in [-0.4, -0.2) is 25.7 Å². The van der Waals surface area contributed by atoms with E-state index in [9.17, 15) is 0 Å². The van der Waals surface area contributed by atoms with E-state index < -0.39 is 0 Å². The Labute approximate surface area is 84.9 Å². The van der Waals surface area contributed by atoms with Gasteiger partial charge in [0.15, 0.2) is 0 Å². The number of hydrogen-bond donors (Lipinski definition) is 1. The van der Waals surface area contributed by atoms with Gasteiger partial charge in [0.2, 0.25) is 0 Å². The molecular formula is C10H19N4+. The molecule has 0 bridgehead atoms. The zero-order valence-electron chi connectivity index (χ0n) is 8.65. The second kappa shape index (κ2) is 4.67. The van der Waals surface area contributed by atoms with Crippen LogP contribution in [0.5, 0.6) is 0 Å². The van der Waals surface area contributed by atoms with Crippen LogP contribution in [0, 0.1) is 5.92 Å². The number of azide groups is 1. The lowest BCUT2D eigenvalue weighted by Gasteiger charge is -2.40. The first-order valence-corrected chi connectivity index (χ1v) is 5.77. The van der Waals surface area contributed by atoms with Crippen molar-refractivity contribution >= 4 is 0 Å². The molecule has 14 heavy (non-hydrogen) atoms. The highest BCUT2D eigenvalue weighted by Gasteiger charge is 2.35. The molecule has 0 radical (unpaired) electrons. The number of quaternary nitrogens is 1. The fraction of sp³-hybridized carbons (Fsp3) is 1.00. The largest absolute Gasteiger partial charge is 0.332 e. The van der Waals surface area contributed by atoms with Gasteiger partial charge in [-0.05, 0) is 37.6 Å². The number of nitrogens with one attached hydrogen (secondary N) is 1. The molecule has 78 valence electrons. The van der Waals surface area contributed by atoms with Gasteiger partial charge in [0.05, 0.1) is 19.1 Å². The topological polar surface area (TPSA) is 53.2 Å². The van der Waals surface area contributed by atoms with Crippen LogP contribution in [0.15, 0.2) is 5.11 Å². The summed E-state index contributed by atoms with van der Waals surface area (Å²) in [5.74, 6) is 0.662. The van der Waals surface area contributed by atoms with E-state index in [1.807, 2.05) is 0 Å². The minimum absolute atomic E-state index is 0.662. The smallest absolute Gasteiger partial charge is 0.0904 e. The van der Waals surface area contributed by atoms with E-state index >= 15 is 0 Å². The van der Waals surface area contributed by atoms with Gasteiger partial charge in [-0.2, -0.15) is 0 Å². The van der Waals surface area contributed by atoms with Crippen LogP contribution in [0.2, 0.25) is 0 Å². The SMILES string of the molecule is [N-]=[N+]=NC[C@@H]1CCC[NH+]2CCCC[C@@H]12. The highest BCUT2D eigenvalue weighted by molar-refractivity contribution is 4.77. The van der Waals surface area contributed by atoms with Crippen LogP contribution in [0.4, 0.5) is 0 Å². The summed E-state index contributed by atoms with van der Waals surface area (Å²) in [6.45, 7) is 3.42. The molecule has 2 saturated heterocycles. The summed E-state index contributed by atoms with van der Waals surface area (Å²) in [4.78, 5) is 4.66. The molecule has 0 aliphatic carbocycles. The molecule has 4 heteroatoms. The lowest BCUT2D eigenvalue weighted by molar-refractivity contribution is -0.939. The quantitative estimate of drug-likeness (QED) is 0.390. The van der Waals surface area contributed by atoms with E-state index in [4.69, 9.17) is 5.53 Å². The molecule has 1 unspecified atom stereocenters. The van der Waals surface area contributed by atoms with Crippen LogP contribution in [-0.2, 0) is 0 Å². The first kappa shape index (κ1) is 9.81. The zero-order valence-corrected chi connectivity index (χ0v) is 8.65. The maximum Gasteiger partial charge on any atom is 0.0904 e. The molecule has 2 aliphatic heterocycles. The minimum atomic E-state index is 0.662. The van der Waals surface area contributed by atoms with Gasteiger partial charge in [-0.1, -0.05) is 5.11 Å². The third-order valence-corrected chi connectivity index (χ3v) is 3.81. The van der Waals surface area contributed by atoms with Gasteiger partial charge < -0.3 is 4.90 Å². The molecule has 0 amide bonds. The minimum Gasteiger partial charge on any atom is -0.332 e.